The van der Waals surface area contributed by atoms with Gasteiger partial charge < -0.3 is 4.90 Å². The smallest absolute Gasteiger partial charge is 0.0462 e. The molecule has 9 aromatic carbocycles. The fourth-order valence-electron chi connectivity index (χ4n) is 7.94. The molecule has 1 unspecified atom stereocenters. The van der Waals surface area contributed by atoms with Crippen LogP contribution in [0.25, 0.3) is 44.5 Å². The fourth-order valence-corrected chi connectivity index (χ4v) is 7.94. The Balaban J connectivity index is 0.953. The molecule has 0 aliphatic rings. The Hall–Kier alpha value is -7.22. The van der Waals surface area contributed by atoms with Gasteiger partial charge >= 0.3 is 0 Å². The number of anilines is 3. The molecule has 1 heteroatoms. The molecule has 0 amide bonds. The van der Waals surface area contributed by atoms with Crippen molar-refractivity contribution in [1.29, 1.82) is 0 Å². The van der Waals surface area contributed by atoms with Crippen LogP contribution in [-0.4, -0.2) is 0 Å². The number of rotatable bonds is 10. The monoisotopic (exact) mass is 743 g/mol. The molecule has 0 bridgehead atoms. The SMILES string of the molecule is Cc1ccc(C(c2ccc(-c3ccccc3)cc2)c2ccc(-c3ccc(-c4ccc(N(c5ccc(C)cc5)c5ccc(-c6ccccc6)cc5)cc4)cc3)cc2)cc1. The zero-order valence-corrected chi connectivity index (χ0v) is 33.0. The highest BCUT2D eigenvalue weighted by atomic mass is 15.1. The third kappa shape index (κ3) is 7.89. The molecular formula is C57H45N. The summed E-state index contributed by atoms with van der Waals surface area (Å²) in [5, 5.41) is 0. The lowest BCUT2D eigenvalue weighted by Crippen LogP contribution is -2.09. The van der Waals surface area contributed by atoms with Crippen molar-refractivity contribution < 1.29 is 0 Å². The summed E-state index contributed by atoms with van der Waals surface area (Å²) in [6.07, 6.45) is 0. The summed E-state index contributed by atoms with van der Waals surface area (Å²) >= 11 is 0. The summed E-state index contributed by atoms with van der Waals surface area (Å²) in [4.78, 5) is 2.33. The maximum absolute atomic E-state index is 2.33. The minimum absolute atomic E-state index is 0.139. The van der Waals surface area contributed by atoms with Crippen molar-refractivity contribution in [1.82, 2.24) is 0 Å². The fraction of sp³-hybridized carbons (Fsp3) is 0.0526. The summed E-state index contributed by atoms with van der Waals surface area (Å²) in [6.45, 7) is 4.28. The molecule has 1 nitrogen and oxygen atoms in total. The average molecular weight is 744 g/mol. The average Bonchev–Trinajstić information content (AvgIpc) is 3.29. The number of hydrogen-bond donors (Lipinski definition) is 0. The van der Waals surface area contributed by atoms with E-state index in [-0.39, 0.29) is 5.92 Å². The first-order valence-corrected chi connectivity index (χ1v) is 20.1. The van der Waals surface area contributed by atoms with Crippen molar-refractivity contribution in [2.75, 3.05) is 4.90 Å². The van der Waals surface area contributed by atoms with Gasteiger partial charge in [-0.1, -0.05) is 205 Å². The van der Waals surface area contributed by atoms with E-state index in [1.807, 2.05) is 0 Å². The van der Waals surface area contributed by atoms with Crippen molar-refractivity contribution in [2.45, 2.75) is 19.8 Å². The molecule has 1 atom stereocenters. The quantitative estimate of drug-likeness (QED) is 0.126. The van der Waals surface area contributed by atoms with E-state index in [0.717, 1.165) is 17.1 Å². The highest BCUT2D eigenvalue weighted by Crippen LogP contribution is 2.38. The molecule has 278 valence electrons. The van der Waals surface area contributed by atoms with Gasteiger partial charge in [0, 0.05) is 23.0 Å². The molecule has 0 N–H and O–H groups in total. The van der Waals surface area contributed by atoms with Crippen molar-refractivity contribution >= 4 is 17.1 Å². The van der Waals surface area contributed by atoms with E-state index in [0.29, 0.717) is 0 Å². The summed E-state index contributed by atoms with van der Waals surface area (Å²) in [5.41, 5.74) is 19.4. The van der Waals surface area contributed by atoms with Crippen LogP contribution in [0.2, 0.25) is 0 Å². The van der Waals surface area contributed by atoms with Crippen LogP contribution in [0.15, 0.2) is 231 Å². The number of nitrogens with zero attached hydrogens (tertiary/aromatic N) is 1. The molecule has 0 heterocycles. The van der Waals surface area contributed by atoms with Gasteiger partial charge in [0.15, 0.2) is 0 Å². The molecule has 0 aromatic heterocycles. The van der Waals surface area contributed by atoms with Gasteiger partial charge in [-0.2, -0.15) is 0 Å². The second kappa shape index (κ2) is 16.5. The zero-order chi connectivity index (χ0) is 39.3. The van der Waals surface area contributed by atoms with Gasteiger partial charge in [-0.3, -0.25) is 0 Å². The van der Waals surface area contributed by atoms with E-state index in [4.69, 9.17) is 0 Å². The Kier molecular flexibility index (Phi) is 10.3. The van der Waals surface area contributed by atoms with E-state index in [9.17, 15) is 0 Å². The molecule has 58 heavy (non-hydrogen) atoms. The lowest BCUT2D eigenvalue weighted by Gasteiger charge is -2.26. The standard InChI is InChI=1S/C57H45N/c1-41-13-17-51(18-14-41)57(52-27-23-45(24-28-52)43-9-5-3-6-10-43)53-29-25-48(26-30-53)46-19-21-47(22-20-46)50-33-39-56(40-34-50)58(54-35-15-42(2)16-36-54)55-37-31-49(32-38-55)44-11-7-4-8-12-44/h3-40,57H,1-2H3. The lowest BCUT2D eigenvalue weighted by atomic mass is 9.83. The van der Waals surface area contributed by atoms with E-state index in [2.05, 4.69) is 249 Å². The van der Waals surface area contributed by atoms with Crippen LogP contribution >= 0.6 is 0 Å². The van der Waals surface area contributed by atoms with Crippen LogP contribution < -0.4 is 4.90 Å². The molecular weight excluding hydrogens is 699 g/mol. The highest BCUT2D eigenvalue weighted by molar-refractivity contribution is 5.80. The first-order valence-electron chi connectivity index (χ1n) is 20.1. The van der Waals surface area contributed by atoms with Crippen LogP contribution in [0.5, 0.6) is 0 Å². The zero-order valence-electron chi connectivity index (χ0n) is 33.0. The molecule has 0 saturated carbocycles. The van der Waals surface area contributed by atoms with E-state index >= 15 is 0 Å². The van der Waals surface area contributed by atoms with Crippen molar-refractivity contribution in [3.8, 4) is 44.5 Å². The summed E-state index contributed by atoms with van der Waals surface area (Å²) in [7, 11) is 0. The Morgan fingerprint density at radius 2 is 0.466 bits per heavy atom. The van der Waals surface area contributed by atoms with Crippen molar-refractivity contribution in [3.05, 3.63) is 258 Å². The third-order valence-corrected chi connectivity index (χ3v) is 11.2. The summed E-state index contributed by atoms with van der Waals surface area (Å²) < 4.78 is 0. The molecule has 0 saturated heterocycles. The molecule has 0 aliphatic carbocycles. The first kappa shape index (κ1) is 36.4. The Morgan fingerprint density at radius 1 is 0.241 bits per heavy atom. The second-order valence-corrected chi connectivity index (χ2v) is 15.2. The predicted molar refractivity (Wildman–Crippen MR) is 246 cm³/mol. The number of benzene rings is 9. The molecule has 9 aromatic rings. The minimum atomic E-state index is 0.139. The molecule has 0 radical (unpaired) electrons. The molecule has 0 fully saturated rings. The minimum Gasteiger partial charge on any atom is -0.311 e. The summed E-state index contributed by atoms with van der Waals surface area (Å²) in [5.74, 6) is 0.139. The van der Waals surface area contributed by atoms with Gasteiger partial charge in [0.05, 0.1) is 0 Å². The topological polar surface area (TPSA) is 3.24 Å². The Bertz CT molecular complexity index is 2500. The molecule has 0 spiro atoms. The normalized spacial score (nSPS) is 11.6. The van der Waals surface area contributed by atoms with E-state index < -0.39 is 0 Å². The summed E-state index contributed by atoms with van der Waals surface area (Å²) in [6, 6.07) is 83.8. The van der Waals surface area contributed by atoms with Gasteiger partial charge in [-0.05, 0) is 111 Å². The van der Waals surface area contributed by atoms with Gasteiger partial charge in [0.25, 0.3) is 0 Å². The van der Waals surface area contributed by atoms with E-state index in [1.54, 1.807) is 0 Å². The van der Waals surface area contributed by atoms with Gasteiger partial charge in [0.2, 0.25) is 0 Å². The first-order chi connectivity index (χ1) is 28.6. The second-order valence-electron chi connectivity index (χ2n) is 15.2. The van der Waals surface area contributed by atoms with Crippen LogP contribution in [-0.2, 0) is 0 Å². The molecule has 9 rings (SSSR count). The number of aryl methyl sites for hydroxylation is 2. The third-order valence-electron chi connectivity index (χ3n) is 11.2. The van der Waals surface area contributed by atoms with Gasteiger partial charge in [0.1, 0.15) is 0 Å². The largest absolute Gasteiger partial charge is 0.311 e. The predicted octanol–water partition coefficient (Wildman–Crippen LogP) is 15.6. The lowest BCUT2D eigenvalue weighted by molar-refractivity contribution is 0.976. The maximum Gasteiger partial charge on any atom is 0.0462 e. The Morgan fingerprint density at radius 3 is 0.793 bits per heavy atom. The van der Waals surface area contributed by atoms with Gasteiger partial charge in [-0.15, -0.1) is 0 Å². The Labute approximate surface area is 343 Å². The van der Waals surface area contributed by atoms with Crippen LogP contribution in [0.4, 0.5) is 17.1 Å². The van der Waals surface area contributed by atoms with E-state index in [1.165, 1.54) is 72.3 Å². The highest BCUT2D eigenvalue weighted by Gasteiger charge is 2.18. The molecule has 0 aliphatic heterocycles. The van der Waals surface area contributed by atoms with Crippen LogP contribution in [0, 0.1) is 13.8 Å². The van der Waals surface area contributed by atoms with Crippen molar-refractivity contribution in [3.63, 3.8) is 0 Å². The van der Waals surface area contributed by atoms with Crippen LogP contribution in [0.1, 0.15) is 33.7 Å². The van der Waals surface area contributed by atoms with Crippen molar-refractivity contribution in [2.24, 2.45) is 0 Å². The maximum atomic E-state index is 2.33. The van der Waals surface area contributed by atoms with Crippen LogP contribution in [0.3, 0.4) is 0 Å². The number of hydrogen-bond acceptors (Lipinski definition) is 1. The van der Waals surface area contributed by atoms with Gasteiger partial charge in [-0.25, -0.2) is 0 Å².